The second-order valence-electron chi connectivity index (χ2n) is 10.1. The lowest BCUT2D eigenvalue weighted by Crippen LogP contribution is -2.37. The van der Waals surface area contributed by atoms with Gasteiger partial charge in [-0.05, 0) is 56.2 Å². The van der Waals surface area contributed by atoms with Gasteiger partial charge in [-0.2, -0.15) is 5.10 Å². The molecule has 0 radical (unpaired) electrons. The third kappa shape index (κ3) is 4.21. The lowest BCUT2D eigenvalue weighted by Gasteiger charge is -2.28. The molecule has 1 amide bonds. The first-order chi connectivity index (χ1) is 17.5. The Balaban J connectivity index is 1.27. The van der Waals surface area contributed by atoms with Crippen LogP contribution in [0.5, 0.6) is 0 Å². The molecule has 1 saturated carbocycles. The number of nitrogens with zero attached hydrogens (tertiary/aromatic N) is 5. The van der Waals surface area contributed by atoms with E-state index in [9.17, 15) is 13.6 Å². The van der Waals surface area contributed by atoms with Gasteiger partial charge in [0.15, 0.2) is 5.69 Å². The Hall–Kier alpha value is -3.14. The molecule has 1 aliphatic carbocycles. The van der Waals surface area contributed by atoms with Gasteiger partial charge in [0.05, 0.1) is 41.6 Å². The molecule has 10 heteroatoms. The first kappa shape index (κ1) is 23.3. The van der Waals surface area contributed by atoms with Crippen LogP contribution in [0.15, 0.2) is 30.6 Å². The molecule has 3 aromatic heterocycles. The van der Waals surface area contributed by atoms with Crippen molar-refractivity contribution in [1.82, 2.24) is 19.7 Å². The van der Waals surface area contributed by atoms with E-state index in [-0.39, 0.29) is 23.9 Å². The molecule has 2 atom stereocenters. The number of carbonyl (C=O) groups excluding carboxylic acids is 1. The van der Waals surface area contributed by atoms with Gasteiger partial charge in [-0.3, -0.25) is 14.5 Å². The Morgan fingerprint density at radius 3 is 2.72 bits per heavy atom. The quantitative estimate of drug-likeness (QED) is 0.509. The number of ether oxygens (including phenoxy) is 1. The molecular formula is C26H30F2N6O2. The second kappa shape index (κ2) is 9.38. The van der Waals surface area contributed by atoms with E-state index in [1.165, 1.54) is 6.20 Å². The van der Waals surface area contributed by atoms with Gasteiger partial charge in [0.25, 0.3) is 12.3 Å². The lowest BCUT2D eigenvalue weighted by atomic mass is 9.85. The van der Waals surface area contributed by atoms with Crippen LogP contribution in [-0.2, 0) is 4.74 Å². The molecule has 2 saturated heterocycles. The molecule has 2 aliphatic heterocycles. The Labute approximate surface area is 208 Å². The van der Waals surface area contributed by atoms with Gasteiger partial charge in [0, 0.05) is 18.9 Å². The standard InChI is InChI=1S/C26H30F2N6O2/c1-2-15-3-5-16(6-4-15)34-13-21(24(32-34)25(27)28)30-26(35)19-9-10-29-20-7-8-22(31-23(19)20)33-12-18-11-17(33)14-36-18/h7-10,13,15-18,25H,2-6,11-12,14H2,1H3,(H,30,35). The zero-order valence-electron chi connectivity index (χ0n) is 20.2. The highest BCUT2D eigenvalue weighted by atomic mass is 19.3. The average molecular weight is 497 g/mol. The van der Waals surface area contributed by atoms with Gasteiger partial charge in [-0.15, -0.1) is 0 Å². The number of hydrogen-bond acceptors (Lipinski definition) is 6. The summed E-state index contributed by atoms with van der Waals surface area (Å²) in [6, 6.07) is 5.68. The lowest BCUT2D eigenvalue weighted by molar-refractivity contribution is 0.0988. The molecule has 5 heterocycles. The van der Waals surface area contributed by atoms with Crippen molar-refractivity contribution in [3.63, 3.8) is 0 Å². The van der Waals surface area contributed by atoms with Crippen molar-refractivity contribution in [2.24, 2.45) is 5.92 Å². The Morgan fingerprint density at radius 2 is 2.03 bits per heavy atom. The number of fused-ring (bicyclic) bond motifs is 3. The van der Waals surface area contributed by atoms with Crippen LogP contribution in [0.25, 0.3) is 11.0 Å². The second-order valence-corrected chi connectivity index (χ2v) is 10.1. The van der Waals surface area contributed by atoms with E-state index in [0.717, 1.165) is 50.9 Å². The fraction of sp³-hybridized carbons (Fsp3) is 0.538. The molecule has 2 unspecified atom stereocenters. The third-order valence-electron chi connectivity index (χ3n) is 7.99. The van der Waals surface area contributed by atoms with Crippen molar-refractivity contribution in [2.45, 2.75) is 70.1 Å². The van der Waals surface area contributed by atoms with E-state index in [1.54, 1.807) is 16.9 Å². The number of rotatable bonds is 6. The van der Waals surface area contributed by atoms with E-state index in [1.807, 2.05) is 12.1 Å². The highest BCUT2D eigenvalue weighted by Gasteiger charge is 2.39. The summed E-state index contributed by atoms with van der Waals surface area (Å²) >= 11 is 0. The minimum absolute atomic E-state index is 0.0442. The van der Waals surface area contributed by atoms with Crippen molar-refractivity contribution < 1.29 is 18.3 Å². The van der Waals surface area contributed by atoms with Crippen LogP contribution in [0.4, 0.5) is 20.3 Å². The maximum absolute atomic E-state index is 13.9. The van der Waals surface area contributed by atoms with Gasteiger partial charge in [-0.1, -0.05) is 13.3 Å². The molecule has 3 fully saturated rings. The Morgan fingerprint density at radius 1 is 1.19 bits per heavy atom. The van der Waals surface area contributed by atoms with E-state index in [2.05, 4.69) is 27.2 Å². The Bertz CT molecular complexity index is 1270. The monoisotopic (exact) mass is 496 g/mol. The van der Waals surface area contributed by atoms with Crippen LogP contribution in [-0.4, -0.2) is 51.0 Å². The van der Waals surface area contributed by atoms with E-state index < -0.39 is 18.0 Å². The maximum atomic E-state index is 13.9. The molecule has 0 spiro atoms. The molecule has 2 bridgehead atoms. The van der Waals surface area contributed by atoms with Gasteiger partial charge < -0.3 is 15.0 Å². The highest BCUT2D eigenvalue weighted by molar-refractivity contribution is 6.11. The Kier molecular flexibility index (Phi) is 6.07. The molecule has 3 aliphatic rings. The normalized spacial score (nSPS) is 25.7. The number of anilines is 2. The summed E-state index contributed by atoms with van der Waals surface area (Å²) in [4.78, 5) is 24.7. The molecule has 8 nitrogen and oxygen atoms in total. The topological polar surface area (TPSA) is 85.2 Å². The molecule has 6 rings (SSSR count). The summed E-state index contributed by atoms with van der Waals surface area (Å²) in [5, 5.41) is 6.88. The summed E-state index contributed by atoms with van der Waals surface area (Å²) in [6.07, 6.45) is 6.56. The van der Waals surface area contributed by atoms with Gasteiger partial charge >= 0.3 is 0 Å². The highest BCUT2D eigenvalue weighted by Crippen LogP contribution is 2.36. The fourth-order valence-electron chi connectivity index (χ4n) is 5.90. The first-order valence-electron chi connectivity index (χ1n) is 12.8. The molecule has 36 heavy (non-hydrogen) atoms. The number of amides is 1. The van der Waals surface area contributed by atoms with Gasteiger partial charge in [0.2, 0.25) is 0 Å². The largest absolute Gasteiger partial charge is 0.374 e. The minimum Gasteiger partial charge on any atom is -0.374 e. The maximum Gasteiger partial charge on any atom is 0.284 e. The summed E-state index contributed by atoms with van der Waals surface area (Å²) in [7, 11) is 0. The molecule has 1 N–H and O–H groups in total. The number of hydrogen-bond donors (Lipinski definition) is 1. The number of carbonyl (C=O) groups is 1. The summed E-state index contributed by atoms with van der Waals surface area (Å²) in [5.74, 6) is 0.949. The van der Waals surface area contributed by atoms with Crippen LogP contribution in [0, 0.1) is 5.92 Å². The number of pyridine rings is 2. The van der Waals surface area contributed by atoms with E-state index in [0.29, 0.717) is 29.1 Å². The zero-order chi connectivity index (χ0) is 24.8. The molecule has 0 aromatic carbocycles. The average Bonchev–Trinajstić information content (AvgIpc) is 3.64. The van der Waals surface area contributed by atoms with Crippen LogP contribution >= 0.6 is 0 Å². The van der Waals surface area contributed by atoms with Crippen molar-refractivity contribution in [2.75, 3.05) is 23.4 Å². The van der Waals surface area contributed by atoms with Crippen molar-refractivity contribution in [3.8, 4) is 0 Å². The van der Waals surface area contributed by atoms with E-state index in [4.69, 9.17) is 9.72 Å². The third-order valence-corrected chi connectivity index (χ3v) is 7.99. The van der Waals surface area contributed by atoms with Crippen molar-refractivity contribution in [3.05, 3.63) is 41.9 Å². The summed E-state index contributed by atoms with van der Waals surface area (Å²) in [6.45, 7) is 3.62. The zero-order valence-corrected chi connectivity index (χ0v) is 20.2. The van der Waals surface area contributed by atoms with Gasteiger partial charge in [0.1, 0.15) is 11.3 Å². The predicted octanol–water partition coefficient (Wildman–Crippen LogP) is 5.14. The smallest absolute Gasteiger partial charge is 0.284 e. The number of morpholine rings is 1. The molecule has 190 valence electrons. The van der Waals surface area contributed by atoms with Crippen LogP contribution < -0.4 is 10.2 Å². The SMILES string of the molecule is CCC1CCC(n2cc(NC(=O)c3ccnc4ccc(N5CC6CC5CO6)nc34)c(C(F)F)n2)CC1. The number of nitrogens with one attached hydrogen (secondary N) is 1. The molecule has 3 aromatic rings. The first-order valence-corrected chi connectivity index (χ1v) is 12.8. The van der Waals surface area contributed by atoms with Crippen molar-refractivity contribution >= 4 is 28.4 Å². The van der Waals surface area contributed by atoms with Gasteiger partial charge in [-0.25, -0.2) is 13.8 Å². The van der Waals surface area contributed by atoms with E-state index >= 15 is 0 Å². The summed E-state index contributed by atoms with van der Waals surface area (Å²) < 4.78 is 35.0. The predicted molar refractivity (Wildman–Crippen MR) is 131 cm³/mol. The van der Waals surface area contributed by atoms with Crippen LogP contribution in [0.2, 0.25) is 0 Å². The van der Waals surface area contributed by atoms with Crippen LogP contribution in [0.3, 0.4) is 0 Å². The van der Waals surface area contributed by atoms with Crippen LogP contribution in [0.1, 0.15) is 74.0 Å². The fourth-order valence-corrected chi connectivity index (χ4v) is 5.90. The number of aromatic nitrogens is 4. The summed E-state index contributed by atoms with van der Waals surface area (Å²) in [5.41, 5.74) is 0.951. The van der Waals surface area contributed by atoms with Crippen molar-refractivity contribution in [1.29, 1.82) is 0 Å². The number of halogens is 2. The molecular weight excluding hydrogens is 466 g/mol. The minimum atomic E-state index is -2.79. The number of alkyl halides is 2.